The van der Waals surface area contributed by atoms with Gasteiger partial charge in [-0.3, -0.25) is 4.79 Å². The van der Waals surface area contributed by atoms with Crippen molar-refractivity contribution in [2.45, 2.75) is 13.8 Å². The van der Waals surface area contributed by atoms with Gasteiger partial charge in [0.1, 0.15) is 0 Å². The van der Waals surface area contributed by atoms with E-state index in [4.69, 9.17) is 28.9 Å². The van der Waals surface area contributed by atoms with Gasteiger partial charge in [-0.25, -0.2) is 0 Å². The van der Waals surface area contributed by atoms with Gasteiger partial charge < -0.3 is 11.1 Å². The maximum absolute atomic E-state index is 12.5. The minimum Gasteiger partial charge on any atom is -0.397 e. The van der Waals surface area contributed by atoms with Crippen molar-refractivity contribution in [2.24, 2.45) is 0 Å². The van der Waals surface area contributed by atoms with E-state index in [0.717, 1.165) is 20.1 Å². The van der Waals surface area contributed by atoms with Crippen LogP contribution in [0.5, 0.6) is 0 Å². The molecule has 0 saturated carbocycles. The monoisotopic (exact) mass is 464 g/mol. The molecule has 7 heteroatoms. The van der Waals surface area contributed by atoms with Crippen molar-refractivity contribution in [1.29, 1.82) is 0 Å². The van der Waals surface area contributed by atoms with E-state index in [9.17, 15) is 4.79 Å². The van der Waals surface area contributed by atoms with Crippen LogP contribution in [-0.4, -0.2) is 5.91 Å². The fourth-order valence-electron chi connectivity index (χ4n) is 2.04. The lowest BCUT2D eigenvalue weighted by Crippen LogP contribution is -2.15. The summed E-state index contributed by atoms with van der Waals surface area (Å²) in [7, 11) is 0. The summed E-state index contributed by atoms with van der Waals surface area (Å²) in [5, 5.41) is 3.66. The number of nitrogens with two attached hydrogens (primary N) is 1. The van der Waals surface area contributed by atoms with Gasteiger partial charge in [-0.05, 0) is 75.0 Å². The predicted octanol–water partition coefficient (Wildman–Crippen LogP) is 5.97. The molecule has 0 heterocycles. The van der Waals surface area contributed by atoms with Gasteiger partial charge in [0.05, 0.1) is 16.3 Å². The van der Waals surface area contributed by atoms with Gasteiger partial charge in [-0.15, -0.1) is 0 Å². The molecule has 0 aliphatic carbocycles. The number of rotatable bonds is 2. The summed E-state index contributed by atoms with van der Waals surface area (Å²) >= 11 is 18.9. The lowest BCUT2D eigenvalue weighted by atomic mass is 10.1. The van der Waals surface area contributed by atoms with Crippen LogP contribution in [0.2, 0.25) is 10.0 Å². The first kappa shape index (κ1) is 17.6. The van der Waals surface area contributed by atoms with Gasteiger partial charge in [0.2, 0.25) is 0 Å². The molecule has 0 unspecified atom stereocenters. The van der Waals surface area contributed by atoms with Crippen molar-refractivity contribution in [3.8, 4) is 0 Å². The van der Waals surface area contributed by atoms with Gasteiger partial charge in [-0.2, -0.15) is 0 Å². The summed E-state index contributed by atoms with van der Waals surface area (Å²) in [5.41, 5.74) is 9.25. The number of amides is 1. The Labute approximate surface area is 155 Å². The zero-order valence-electron chi connectivity index (χ0n) is 11.7. The van der Waals surface area contributed by atoms with E-state index in [0.29, 0.717) is 27.0 Å². The lowest BCUT2D eigenvalue weighted by molar-refractivity contribution is 0.102. The van der Waals surface area contributed by atoms with E-state index < -0.39 is 0 Å². The molecule has 2 rings (SSSR count). The molecule has 0 saturated heterocycles. The number of carbonyl (C=O) groups is 1. The van der Waals surface area contributed by atoms with Gasteiger partial charge >= 0.3 is 0 Å². The van der Waals surface area contributed by atoms with Crippen molar-refractivity contribution in [3.63, 3.8) is 0 Å². The van der Waals surface area contributed by atoms with Crippen LogP contribution >= 0.6 is 55.1 Å². The summed E-state index contributed by atoms with van der Waals surface area (Å²) in [5.74, 6) is -0.331. The van der Waals surface area contributed by atoms with Gasteiger partial charge in [0.25, 0.3) is 5.91 Å². The van der Waals surface area contributed by atoms with Crippen LogP contribution < -0.4 is 11.1 Å². The molecule has 0 bridgehead atoms. The highest BCUT2D eigenvalue weighted by atomic mass is 79.9. The van der Waals surface area contributed by atoms with E-state index in [-0.39, 0.29) is 5.91 Å². The summed E-state index contributed by atoms with van der Waals surface area (Å²) in [6.45, 7) is 3.74. The Bertz CT molecular complexity index is 750. The van der Waals surface area contributed by atoms with Crippen molar-refractivity contribution < 1.29 is 4.79 Å². The van der Waals surface area contributed by atoms with Crippen LogP contribution in [0.1, 0.15) is 21.5 Å². The normalized spacial score (nSPS) is 10.6. The fourth-order valence-corrected chi connectivity index (χ4v) is 3.48. The molecular weight excluding hydrogens is 455 g/mol. The Hall–Kier alpha value is -0.750. The Balaban J connectivity index is 2.47. The van der Waals surface area contributed by atoms with Crippen molar-refractivity contribution >= 4 is 72.3 Å². The molecule has 0 spiro atoms. The second kappa shape index (κ2) is 6.79. The second-order valence-corrected chi connectivity index (χ2v) is 7.17. The first-order valence-electron chi connectivity index (χ1n) is 6.24. The van der Waals surface area contributed by atoms with Crippen molar-refractivity contribution in [2.75, 3.05) is 11.1 Å². The predicted molar refractivity (Wildman–Crippen MR) is 100 cm³/mol. The molecular formula is C15H12Br2Cl2N2O. The number of anilines is 2. The van der Waals surface area contributed by atoms with Gasteiger partial charge in [-0.1, -0.05) is 23.2 Å². The molecule has 0 atom stereocenters. The maximum Gasteiger partial charge on any atom is 0.257 e. The Morgan fingerprint density at radius 2 is 1.68 bits per heavy atom. The average Bonchev–Trinajstić information content (AvgIpc) is 2.49. The quantitative estimate of drug-likeness (QED) is 0.536. The van der Waals surface area contributed by atoms with Crippen LogP contribution in [0, 0.1) is 13.8 Å². The van der Waals surface area contributed by atoms with Gasteiger partial charge in [0.15, 0.2) is 0 Å². The van der Waals surface area contributed by atoms with Crippen LogP contribution in [0.3, 0.4) is 0 Å². The largest absolute Gasteiger partial charge is 0.397 e. The SMILES string of the molecule is Cc1c(Br)c(N)c(Br)c(C)c1NC(=O)c1cc(Cl)ccc1Cl. The number of hydrogen-bond donors (Lipinski definition) is 2. The molecule has 0 aliphatic heterocycles. The summed E-state index contributed by atoms with van der Waals surface area (Å²) in [6.07, 6.45) is 0. The number of nitrogens with one attached hydrogen (secondary N) is 1. The zero-order chi connectivity index (χ0) is 16.6. The van der Waals surface area contributed by atoms with Crippen molar-refractivity contribution in [1.82, 2.24) is 0 Å². The number of benzene rings is 2. The van der Waals surface area contributed by atoms with Crippen LogP contribution in [-0.2, 0) is 0 Å². The standard InChI is InChI=1S/C15H12Br2Cl2N2O/c1-6-11(16)13(20)12(17)7(2)14(6)21-15(22)9-5-8(18)3-4-10(9)19/h3-5H,20H2,1-2H3,(H,21,22). The minimum atomic E-state index is -0.331. The molecule has 116 valence electrons. The maximum atomic E-state index is 12.5. The lowest BCUT2D eigenvalue weighted by Gasteiger charge is -2.17. The first-order chi connectivity index (χ1) is 10.2. The third-order valence-corrected chi connectivity index (χ3v) is 5.90. The molecule has 2 aromatic carbocycles. The number of halogens is 4. The highest BCUT2D eigenvalue weighted by Crippen LogP contribution is 2.40. The Morgan fingerprint density at radius 3 is 2.23 bits per heavy atom. The van der Waals surface area contributed by atoms with Crippen LogP contribution in [0.15, 0.2) is 27.1 Å². The van der Waals surface area contributed by atoms with E-state index in [1.165, 1.54) is 6.07 Å². The summed E-state index contributed by atoms with van der Waals surface area (Å²) < 4.78 is 1.47. The summed E-state index contributed by atoms with van der Waals surface area (Å²) in [6, 6.07) is 4.76. The molecule has 3 N–H and O–H groups in total. The third-order valence-electron chi connectivity index (χ3n) is 3.29. The van der Waals surface area contributed by atoms with Gasteiger partial charge in [0, 0.05) is 19.7 Å². The Morgan fingerprint density at radius 1 is 1.14 bits per heavy atom. The summed E-state index contributed by atoms with van der Waals surface area (Å²) in [4.78, 5) is 12.5. The first-order valence-corrected chi connectivity index (χ1v) is 8.58. The Kier molecular flexibility index (Phi) is 5.43. The molecule has 1 amide bonds. The molecule has 2 aromatic rings. The van der Waals surface area contributed by atoms with Crippen LogP contribution in [0.25, 0.3) is 0 Å². The van der Waals surface area contributed by atoms with Crippen LogP contribution in [0.4, 0.5) is 11.4 Å². The zero-order valence-corrected chi connectivity index (χ0v) is 16.4. The smallest absolute Gasteiger partial charge is 0.257 e. The highest BCUT2D eigenvalue weighted by Gasteiger charge is 2.18. The second-order valence-electron chi connectivity index (χ2n) is 4.74. The number of nitrogen functional groups attached to an aromatic ring is 1. The van der Waals surface area contributed by atoms with E-state index in [1.54, 1.807) is 12.1 Å². The average molecular weight is 467 g/mol. The van der Waals surface area contributed by atoms with E-state index >= 15 is 0 Å². The number of hydrogen-bond acceptors (Lipinski definition) is 2. The molecule has 0 radical (unpaired) electrons. The van der Waals surface area contributed by atoms with E-state index in [1.807, 2.05) is 13.8 Å². The molecule has 0 fully saturated rings. The third kappa shape index (κ3) is 3.27. The number of carbonyl (C=O) groups excluding carboxylic acids is 1. The molecule has 22 heavy (non-hydrogen) atoms. The van der Waals surface area contributed by atoms with Crippen molar-refractivity contribution in [3.05, 3.63) is 53.9 Å². The van der Waals surface area contributed by atoms with E-state index in [2.05, 4.69) is 37.2 Å². The minimum absolute atomic E-state index is 0.317. The molecule has 3 nitrogen and oxygen atoms in total. The molecule has 0 aliphatic rings. The topological polar surface area (TPSA) is 55.1 Å². The highest BCUT2D eigenvalue weighted by molar-refractivity contribution is 9.11. The fraction of sp³-hybridized carbons (Fsp3) is 0.133. The molecule has 0 aromatic heterocycles.